The summed E-state index contributed by atoms with van der Waals surface area (Å²) < 4.78 is 12.0. The Kier molecular flexibility index (Phi) is 4.57. The number of amides is 1. The Morgan fingerprint density at radius 2 is 2.30 bits per heavy atom. The monoisotopic (exact) mass is 277 g/mol. The number of hydrogen-bond acceptors (Lipinski definition) is 4. The zero-order valence-electron chi connectivity index (χ0n) is 12.0. The van der Waals surface area contributed by atoms with E-state index in [9.17, 15) is 4.79 Å². The minimum absolute atomic E-state index is 0.148. The standard InChI is InChI=1S/C14H19N3O3/c1-10-5-6-13(20-10)11-9-12(17(2)16-11)14(18)15-7-4-8-19-3/h5-6,9H,4,7-8H2,1-3H3,(H,15,18). The molecule has 0 unspecified atom stereocenters. The molecular formula is C14H19N3O3. The smallest absolute Gasteiger partial charge is 0.269 e. The normalized spacial score (nSPS) is 10.8. The number of nitrogens with zero attached hydrogens (tertiary/aromatic N) is 2. The average Bonchev–Trinajstić information content (AvgIpc) is 3.00. The van der Waals surface area contributed by atoms with Crippen molar-refractivity contribution >= 4 is 5.91 Å². The highest BCUT2D eigenvalue weighted by atomic mass is 16.5. The molecular weight excluding hydrogens is 258 g/mol. The van der Waals surface area contributed by atoms with Gasteiger partial charge in [-0.15, -0.1) is 0 Å². The Bertz CT molecular complexity index is 586. The molecule has 1 N–H and O–H groups in total. The third kappa shape index (κ3) is 3.27. The van der Waals surface area contributed by atoms with E-state index in [0.29, 0.717) is 30.3 Å². The molecule has 0 atom stereocenters. The summed E-state index contributed by atoms with van der Waals surface area (Å²) in [6.45, 7) is 3.07. The number of rotatable bonds is 6. The molecule has 0 spiro atoms. The van der Waals surface area contributed by atoms with E-state index in [4.69, 9.17) is 9.15 Å². The number of aromatic nitrogens is 2. The van der Waals surface area contributed by atoms with Gasteiger partial charge in [0.2, 0.25) is 0 Å². The molecule has 0 aliphatic heterocycles. The first kappa shape index (κ1) is 14.3. The van der Waals surface area contributed by atoms with Crippen LogP contribution in [0.2, 0.25) is 0 Å². The van der Waals surface area contributed by atoms with Gasteiger partial charge in [-0.2, -0.15) is 5.10 Å². The third-order valence-electron chi connectivity index (χ3n) is 2.92. The SMILES string of the molecule is COCCCNC(=O)c1cc(-c2ccc(C)o2)nn1C. The number of furan rings is 1. The number of nitrogens with one attached hydrogen (secondary N) is 1. The second-order valence-corrected chi connectivity index (χ2v) is 4.55. The van der Waals surface area contributed by atoms with Crippen molar-refractivity contribution in [1.82, 2.24) is 15.1 Å². The predicted octanol–water partition coefficient (Wildman–Crippen LogP) is 1.75. The van der Waals surface area contributed by atoms with Gasteiger partial charge in [-0.1, -0.05) is 0 Å². The largest absolute Gasteiger partial charge is 0.460 e. The second kappa shape index (κ2) is 6.38. The van der Waals surface area contributed by atoms with Gasteiger partial charge in [-0.05, 0) is 25.5 Å². The Balaban J connectivity index is 2.05. The Morgan fingerprint density at radius 1 is 1.50 bits per heavy atom. The van der Waals surface area contributed by atoms with Crippen LogP contribution in [0.15, 0.2) is 22.6 Å². The van der Waals surface area contributed by atoms with Gasteiger partial charge < -0.3 is 14.5 Å². The first-order valence-corrected chi connectivity index (χ1v) is 6.50. The van der Waals surface area contributed by atoms with Crippen molar-refractivity contribution in [3.05, 3.63) is 29.7 Å². The molecule has 0 fully saturated rings. The van der Waals surface area contributed by atoms with Crippen molar-refractivity contribution in [2.75, 3.05) is 20.3 Å². The number of methoxy groups -OCH3 is 1. The van der Waals surface area contributed by atoms with E-state index in [1.54, 1.807) is 24.9 Å². The summed E-state index contributed by atoms with van der Waals surface area (Å²) >= 11 is 0. The molecule has 0 aliphatic carbocycles. The molecule has 0 aromatic carbocycles. The lowest BCUT2D eigenvalue weighted by Gasteiger charge is -2.04. The highest BCUT2D eigenvalue weighted by Crippen LogP contribution is 2.21. The molecule has 108 valence electrons. The van der Waals surface area contributed by atoms with Crippen LogP contribution in [0.25, 0.3) is 11.5 Å². The molecule has 2 heterocycles. The van der Waals surface area contributed by atoms with Crippen LogP contribution in [0.3, 0.4) is 0 Å². The van der Waals surface area contributed by atoms with Crippen molar-refractivity contribution in [3.63, 3.8) is 0 Å². The maximum atomic E-state index is 12.0. The van der Waals surface area contributed by atoms with Crippen LogP contribution in [0, 0.1) is 6.92 Å². The quantitative estimate of drug-likeness (QED) is 0.817. The fraction of sp³-hybridized carbons (Fsp3) is 0.429. The van der Waals surface area contributed by atoms with Crippen LogP contribution in [-0.4, -0.2) is 35.9 Å². The Morgan fingerprint density at radius 3 is 2.95 bits per heavy atom. The fourth-order valence-electron chi connectivity index (χ4n) is 1.88. The summed E-state index contributed by atoms with van der Waals surface area (Å²) in [4.78, 5) is 12.0. The molecule has 0 saturated carbocycles. The predicted molar refractivity (Wildman–Crippen MR) is 74.5 cm³/mol. The summed E-state index contributed by atoms with van der Waals surface area (Å²) in [5, 5.41) is 7.13. The van der Waals surface area contributed by atoms with E-state index in [2.05, 4.69) is 10.4 Å². The first-order valence-electron chi connectivity index (χ1n) is 6.50. The highest BCUT2D eigenvalue weighted by molar-refractivity contribution is 5.93. The van der Waals surface area contributed by atoms with Crippen molar-refractivity contribution in [3.8, 4) is 11.5 Å². The molecule has 0 saturated heterocycles. The van der Waals surface area contributed by atoms with Crippen LogP contribution in [-0.2, 0) is 11.8 Å². The summed E-state index contributed by atoms with van der Waals surface area (Å²) in [6, 6.07) is 5.44. The molecule has 6 nitrogen and oxygen atoms in total. The summed E-state index contributed by atoms with van der Waals surface area (Å²) in [7, 11) is 3.38. The topological polar surface area (TPSA) is 69.3 Å². The number of ether oxygens (including phenoxy) is 1. The molecule has 6 heteroatoms. The third-order valence-corrected chi connectivity index (χ3v) is 2.92. The van der Waals surface area contributed by atoms with Gasteiger partial charge in [0.25, 0.3) is 5.91 Å². The van der Waals surface area contributed by atoms with Gasteiger partial charge in [-0.3, -0.25) is 9.48 Å². The summed E-state index contributed by atoms with van der Waals surface area (Å²) in [6.07, 6.45) is 0.782. The van der Waals surface area contributed by atoms with Crippen LogP contribution in [0.5, 0.6) is 0 Å². The average molecular weight is 277 g/mol. The maximum Gasteiger partial charge on any atom is 0.269 e. The lowest BCUT2D eigenvalue weighted by Crippen LogP contribution is -2.27. The van der Waals surface area contributed by atoms with E-state index < -0.39 is 0 Å². The molecule has 2 aromatic heterocycles. The van der Waals surface area contributed by atoms with Gasteiger partial charge in [0.15, 0.2) is 5.76 Å². The Labute approximate surface area is 117 Å². The number of carbonyl (C=O) groups is 1. The zero-order valence-corrected chi connectivity index (χ0v) is 12.0. The first-order chi connectivity index (χ1) is 9.61. The molecule has 2 rings (SSSR count). The minimum Gasteiger partial charge on any atom is -0.460 e. The van der Waals surface area contributed by atoms with Crippen molar-refractivity contribution < 1.29 is 13.9 Å². The van der Waals surface area contributed by atoms with Crippen LogP contribution >= 0.6 is 0 Å². The molecule has 0 bridgehead atoms. The fourth-order valence-corrected chi connectivity index (χ4v) is 1.88. The van der Waals surface area contributed by atoms with E-state index in [1.165, 1.54) is 0 Å². The van der Waals surface area contributed by atoms with Crippen LogP contribution in [0.1, 0.15) is 22.7 Å². The second-order valence-electron chi connectivity index (χ2n) is 4.55. The molecule has 0 aliphatic rings. The highest BCUT2D eigenvalue weighted by Gasteiger charge is 2.15. The summed E-state index contributed by atoms with van der Waals surface area (Å²) in [5.74, 6) is 1.33. The van der Waals surface area contributed by atoms with E-state index in [-0.39, 0.29) is 5.91 Å². The van der Waals surface area contributed by atoms with Crippen molar-refractivity contribution in [2.45, 2.75) is 13.3 Å². The maximum absolute atomic E-state index is 12.0. The van der Waals surface area contributed by atoms with Crippen molar-refractivity contribution in [2.24, 2.45) is 7.05 Å². The van der Waals surface area contributed by atoms with Crippen molar-refractivity contribution in [1.29, 1.82) is 0 Å². The van der Waals surface area contributed by atoms with E-state index >= 15 is 0 Å². The van der Waals surface area contributed by atoms with Gasteiger partial charge >= 0.3 is 0 Å². The van der Waals surface area contributed by atoms with Gasteiger partial charge in [0.05, 0.1) is 0 Å². The zero-order chi connectivity index (χ0) is 14.5. The number of carbonyl (C=O) groups excluding carboxylic acids is 1. The minimum atomic E-state index is -0.148. The molecule has 1 amide bonds. The van der Waals surface area contributed by atoms with Gasteiger partial charge in [0, 0.05) is 33.4 Å². The lowest BCUT2D eigenvalue weighted by atomic mass is 10.3. The van der Waals surface area contributed by atoms with Gasteiger partial charge in [-0.25, -0.2) is 0 Å². The number of hydrogen-bond donors (Lipinski definition) is 1. The van der Waals surface area contributed by atoms with Gasteiger partial charge in [0.1, 0.15) is 17.1 Å². The summed E-state index contributed by atoms with van der Waals surface area (Å²) in [5.41, 5.74) is 1.16. The molecule has 2 aromatic rings. The molecule has 0 radical (unpaired) electrons. The van der Waals surface area contributed by atoms with Crippen LogP contribution < -0.4 is 5.32 Å². The lowest BCUT2D eigenvalue weighted by molar-refractivity contribution is 0.0939. The van der Waals surface area contributed by atoms with Crippen LogP contribution in [0.4, 0.5) is 0 Å². The number of aryl methyl sites for hydroxylation is 2. The van der Waals surface area contributed by atoms with E-state index in [0.717, 1.165) is 12.2 Å². The Hall–Kier alpha value is -2.08. The van der Waals surface area contributed by atoms with E-state index in [1.807, 2.05) is 19.1 Å². The molecule has 20 heavy (non-hydrogen) atoms.